The fourth-order valence-electron chi connectivity index (χ4n) is 7.79. The molecule has 0 spiro atoms. The maximum absolute atomic E-state index is 12.8. The van der Waals surface area contributed by atoms with Crippen molar-refractivity contribution in [1.29, 1.82) is 0 Å². The van der Waals surface area contributed by atoms with Crippen molar-refractivity contribution >= 4 is 17.9 Å². The Kier molecular flexibility index (Phi) is 47.3. The van der Waals surface area contributed by atoms with Crippen LogP contribution in [-0.2, 0) is 28.6 Å². The monoisotopic (exact) mass is 833 g/mol. The zero-order valence-electron chi connectivity index (χ0n) is 39.8. The van der Waals surface area contributed by atoms with E-state index in [2.05, 4.69) is 32.9 Å². The second kappa shape index (κ2) is 48.8. The summed E-state index contributed by atoms with van der Waals surface area (Å²) in [6.45, 7) is 6.65. The quantitative estimate of drug-likeness (QED) is 0.0263. The molecule has 0 saturated carbocycles. The van der Waals surface area contributed by atoms with E-state index in [0.29, 0.717) is 19.3 Å². The minimum absolute atomic E-state index is 0.0707. The van der Waals surface area contributed by atoms with Gasteiger partial charge in [-0.2, -0.15) is 0 Å². The van der Waals surface area contributed by atoms with Gasteiger partial charge in [-0.25, -0.2) is 0 Å². The highest BCUT2D eigenvalue weighted by Gasteiger charge is 2.19. The maximum Gasteiger partial charge on any atom is 0.306 e. The fraction of sp³-hybridized carbons (Fsp3) is 0.906. The average Bonchev–Trinajstić information content (AvgIpc) is 3.23. The van der Waals surface area contributed by atoms with E-state index >= 15 is 0 Å². The lowest BCUT2D eigenvalue weighted by Gasteiger charge is -2.18. The highest BCUT2D eigenvalue weighted by atomic mass is 16.6. The lowest BCUT2D eigenvalue weighted by molar-refractivity contribution is -0.167. The third kappa shape index (κ3) is 47.1. The summed E-state index contributed by atoms with van der Waals surface area (Å²) in [5.74, 6) is -0.870. The van der Waals surface area contributed by atoms with Gasteiger partial charge in [-0.15, -0.1) is 0 Å². The Bertz CT molecular complexity index is 916. The van der Waals surface area contributed by atoms with Crippen molar-refractivity contribution in [1.82, 2.24) is 0 Å². The molecule has 0 N–H and O–H groups in total. The molecule has 0 aliphatic heterocycles. The van der Waals surface area contributed by atoms with Gasteiger partial charge in [0, 0.05) is 19.3 Å². The molecule has 0 heterocycles. The lowest BCUT2D eigenvalue weighted by Crippen LogP contribution is -2.30. The molecule has 0 saturated heterocycles. The summed E-state index contributed by atoms with van der Waals surface area (Å²) in [6.07, 6.45) is 53.3. The first-order valence-electron chi connectivity index (χ1n) is 26.2. The SMILES string of the molecule is CCCCCCCCC/C=C\CCCCCC(=O)OC(COC(=O)CCCCCCCCCCCCCC)COC(=O)CCCCCCCCCCCCCCCCC. The van der Waals surface area contributed by atoms with Gasteiger partial charge in [-0.05, 0) is 44.9 Å². The number of rotatable bonds is 48. The predicted molar refractivity (Wildman–Crippen MR) is 252 cm³/mol. The summed E-state index contributed by atoms with van der Waals surface area (Å²) in [5.41, 5.74) is 0. The molecule has 6 nitrogen and oxygen atoms in total. The molecule has 0 rings (SSSR count). The van der Waals surface area contributed by atoms with Crippen LogP contribution in [0.2, 0.25) is 0 Å². The molecule has 0 aliphatic carbocycles. The first-order valence-corrected chi connectivity index (χ1v) is 26.2. The van der Waals surface area contributed by atoms with Gasteiger partial charge in [-0.3, -0.25) is 14.4 Å². The lowest BCUT2D eigenvalue weighted by atomic mass is 10.0. The van der Waals surface area contributed by atoms with Gasteiger partial charge in [0.25, 0.3) is 0 Å². The van der Waals surface area contributed by atoms with Crippen molar-refractivity contribution in [2.45, 2.75) is 297 Å². The van der Waals surface area contributed by atoms with Crippen LogP contribution in [0.5, 0.6) is 0 Å². The molecule has 1 atom stereocenters. The fourth-order valence-corrected chi connectivity index (χ4v) is 7.79. The highest BCUT2D eigenvalue weighted by molar-refractivity contribution is 5.71. The van der Waals surface area contributed by atoms with Gasteiger partial charge in [0.05, 0.1) is 0 Å². The molecule has 1 unspecified atom stereocenters. The maximum atomic E-state index is 12.8. The molecule has 0 aromatic carbocycles. The van der Waals surface area contributed by atoms with Crippen LogP contribution in [0, 0.1) is 0 Å². The molecular weight excluding hydrogens is 733 g/mol. The number of carbonyl (C=O) groups excluding carboxylic acids is 3. The third-order valence-electron chi connectivity index (χ3n) is 11.8. The minimum Gasteiger partial charge on any atom is -0.462 e. The minimum atomic E-state index is -0.770. The van der Waals surface area contributed by atoms with Crippen LogP contribution in [0.1, 0.15) is 290 Å². The van der Waals surface area contributed by atoms with Crippen LogP contribution >= 0.6 is 0 Å². The number of carbonyl (C=O) groups is 3. The van der Waals surface area contributed by atoms with Crippen LogP contribution < -0.4 is 0 Å². The van der Waals surface area contributed by atoms with Crippen LogP contribution in [0.15, 0.2) is 12.2 Å². The molecule has 6 heteroatoms. The van der Waals surface area contributed by atoms with Crippen LogP contribution in [-0.4, -0.2) is 37.2 Å². The van der Waals surface area contributed by atoms with Gasteiger partial charge >= 0.3 is 17.9 Å². The van der Waals surface area contributed by atoms with E-state index in [0.717, 1.165) is 70.6 Å². The predicted octanol–water partition coefficient (Wildman–Crippen LogP) is 17.0. The Hall–Kier alpha value is -1.85. The number of hydrogen-bond donors (Lipinski definition) is 0. The van der Waals surface area contributed by atoms with E-state index in [-0.39, 0.29) is 31.1 Å². The number of esters is 3. The van der Waals surface area contributed by atoms with E-state index in [1.54, 1.807) is 0 Å². The molecular formula is C53H100O6. The van der Waals surface area contributed by atoms with Gasteiger partial charge in [0.15, 0.2) is 6.10 Å². The van der Waals surface area contributed by atoms with Crippen LogP contribution in [0.25, 0.3) is 0 Å². The normalized spacial score (nSPS) is 12.0. The first kappa shape index (κ1) is 57.1. The second-order valence-corrected chi connectivity index (χ2v) is 17.8. The van der Waals surface area contributed by atoms with Gasteiger partial charge in [0.2, 0.25) is 0 Å². The highest BCUT2D eigenvalue weighted by Crippen LogP contribution is 2.16. The molecule has 0 fully saturated rings. The van der Waals surface area contributed by atoms with E-state index in [1.807, 2.05) is 0 Å². The topological polar surface area (TPSA) is 78.9 Å². The smallest absolute Gasteiger partial charge is 0.306 e. The second-order valence-electron chi connectivity index (χ2n) is 17.8. The largest absolute Gasteiger partial charge is 0.462 e. The molecule has 0 radical (unpaired) electrons. The van der Waals surface area contributed by atoms with Crippen LogP contribution in [0.3, 0.4) is 0 Å². The summed E-state index contributed by atoms with van der Waals surface area (Å²) in [6, 6.07) is 0. The zero-order chi connectivity index (χ0) is 43.0. The molecule has 59 heavy (non-hydrogen) atoms. The Morgan fingerprint density at radius 2 is 0.559 bits per heavy atom. The van der Waals surface area contributed by atoms with Crippen molar-refractivity contribution < 1.29 is 28.6 Å². The summed E-state index contributed by atoms with van der Waals surface area (Å²) in [7, 11) is 0. The molecule has 0 aliphatic rings. The molecule has 348 valence electrons. The Balaban J connectivity index is 4.34. The van der Waals surface area contributed by atoms with E-state index in [4.69, 9.17) is 14.2 Å². The molecule has 0 aromatic heterocycles. The number of allylic oxidation sites excluding steroid dienone is 2. The molecule has 0 aromatic rings. The summed E-state index contributed by atoms with van der Waals surface area (Å²) >= 11 is 0. The summed E-state index contributed by atoms with van der Waals surface area (Å²) in [5, 5.41) is 0. The van der Waals surface area contributed by atoms with Crippen molar-refractivity contribution in [2.75, 3.05) is 13.2 Å². The van der Waals surface area contributed by atoms with Crippen molar-refractivity contribution in [3.63, 3.8) is 0 Å². The molecule has 0 bridgehead atoms. The summed E-state index contributed by atoms with van der Waals surface area (Å²) < 4.78 is 16.8. The number of ether oxygens (including phenoxy) is 3. The van der Waals surface area contributed by atoms with Crippen molar-refractivity contribution in [3.05, 3.63) is 12.2 Å². The Labute approximate surface area is 367 Å². The van der Waals surface area contributed by atoms with Crippen molar-refractivity contribution in [2.24, 2.45) is 0 Å². The number of unbranched alkanes of at least 4 members (excludes halogenated alkanes) is 35. The summed E-state index contributed by atoms with van der Waals surface area (Å²) in [4.78, 5) is 37.9. The van der Waals surface area contributed by atoms with Gasteiger partial charge in [-0.1, -0.05) is 238 Å². The Morgan fingerprint density at radius 1 is 0.322 bits per heavy atom. The van der Waals surface area contributed by atoms with E-state index in [1.165, 1.54) is 180 Å². The Morgan fingerprint density at radius 3 is 0.864 bits per heavy atom. The van der Waals surface area contributed by atoms with Crippen molar-refractivity contribution in [3.8, 4) is 0 Å². The van der Waals surface area contributed by atoms with E-state index < -0.39 is 6.10 Å². The third-order valence-corrected chi connectivity index (χ3v) is 11.8. The van der Waals surface area contributed by atoms with Gasteiger partial charge < -0.3 is 14.2 Å². The number of hydrogen-bond acceptors (Lipinski definition) is 6. The average molecular weight is 833 g/mol. The van der Waals surface area contributed by atoms with E-state index in [9.17, 15) is 14.4 Å². The van der Waals surface area contributed by atoms with Gasteiger partial charge in [0.1, 0.15) is 13.2 Å². The molecule has 0 amide bonds. The standard InChI is InChI=1S/C53H100O6/c1-4-7-10-13-16-19-22-25-27-29-31-34-37-40-43-46-52(55)58-49-50(48-57-51(54)45-42-39-36-33-30-24-21-18-15-12-9-6-3)59-53(56)47-44-41-38-35-32-28-26-23-20-17-14-11-8-5-2/h28,32,50H,4-27,29-31,33-49H2,1-3H3/b32-28-. The van der Waals surface area contributed by atoms with Crippen LogP contribution in [0.4, 0.5) is 0 Å². The zero-order valence-corrected chi connectivity index (χ0v) is 39.8. The first-order chi connectivity index (χ1) is 29.0.